The number of esters is 1. The Morgan fingerprint density at radius 3 is 2.53 bits per heavy atom. The zero-order valence-electron chi connectivity index (χ0n) is 11.5. The van der Waals surface area contributed by atoms with E-state index in [1.54, 1.807) is 13.0 Å². The van der Waals surface area contributed by atoms with Gasteiger partial charge in [-0.05, 0) is 32.4 Å². The molecule has 0 aliphatic heterocycles. The Hall–Kier alpha value is -2.10. The zero-order chi connectivity index (χ0) is 14.3. The topological polar surface area (TPSA) is 55.4 Å². The number of ether oxygens (including phenoxy) is 1. The molecule has 0 radical (unpaired) electrons. The Balaban J connectivity index is 2.51. The van der Waals surface area contributed by atoms with Gasteiger partial charge in [-0.2, -0.15) is 0 Å². The van der Waals surface area contributed by atoms with E-state index in [-0.39, 0.29) is 5.91 Å². The van der Waals surface area contributed by atoms with Crippen LogP contribution in [0.15, 0.2) is 30.3 Å². The van der Waals surface area contributed by atoms with Crippen molar-refractivity contribution in [2.75, 3.05) is 6.54 Å². The van der Waals surface area contributed by atoms with E-state index in [2.05, 4.69) is 5.32 Å². The van der Waals surface area contributed by atoms with Crippen LogP contribution >= 0.6 is 0 Å². The highest BCUT2D eigenvalue weighted by Gasteiger charge is 2.14. The molecular weight excluding hydrogens is 242 g/mol. The Morgan fingerprint density at radius 1 is 1.32 bits per heavy atom. The molecule has 19 heavy (non-hydrogen) atoms. The molecule has 1 rings (SSSR count). The lowest BCUT2D eigenvalue weighted by Gasteiger charge is -2.10. The summed E-state index contributed by atoms with van der Waals surface area (Å²) >= 11 is 0. The van der Waals surface area contributed by atoms with E-state index >= 15 is 0 Å². The number of carbonyl (C=O) groups is 2. The number of carbonyl (C=O) groups excluding carboxylic acids is 2. The third kappa shape index (κ3) is 5.38. The highest BCUT2D eigenvalue weighted by molar-refractivity contribution is 5.90. The van der Waals surface area contributed by atoms with Crippen molar-refractivity contribution in [3.8, 4) is 0 Å². The fourth-order valence-corrected chi connectivity index (χ4v) is 1.43. The van der Waals surface area contributed by atoms with Crippen molar-refractivity contribution in [3.63, 3.8) is 0 Å². The summed E-state index contributed by atoms with van der Waals surface area (Å²) in [5.41, 5.74) is 2.07. The Morgan fingerprint density at radius 2 is 1.95 bits per heavy atom. The fraction of sp³-hybridized carbons (Fsp3) is 0.333. The standard InChI is InChI=1S/C15H19NO3/c1-4-16-15(18)12(3)19-14(17)10-9-13-7-5-11(2)6-8-13/h5-10,12H,4H2,1-3H3,(H,16,18)/b10-9+/t12-/m1/s1. The first-order chi connectivity index (χ1) is 9.02. The zero-order valence-corrected chi connectivity index (χ0v) is 11.5. The molecular formula is C15H19NO3. The predicted octanol–water partition coefficient (Wildman–Crippen LogP) is 2.08. The molecule has 0 aromatic heterocycles. The first-order valence-electron chi connectivity index (χ1n) is 6.26. The van der Waals surface area contributed by atoms with Crippen LogP contribution < -0.4 is 5.32 Å². The van der Waals surface area contributed by atoms with Crippen molar-refractivity contribution < 1.29 is 14.3 Å². The average Bonchev–Trinajstić information content (AvgIpc) is 2.38. The molecule has 1 aromatic carbocycles. The maximum atomic E-state index is 11.5. The van der Waals surface area contributed by atoms with Gasteiger partial charge in [0.05, 0.1) is 0 Å². The summed E-state index contributed by atoms with van der Waals surface area (Å²) in [5, 5.41) is 2.59. The van der Waals surface area contributed by atoms with Gasteiger partial charge in [0, 0.05) is 12.6 Å². The molecule has 4 nitrogen and oxygen atoms in total. The van der Waals surface area contributed by atoms with Crippen molar-refractivity contribution in [1.82, 2.24) is 5.32 Å². The second-order valence-electron chi connectivity index (χ2n) is 4.22. The molecule has 0 saturated carbocycles. The molecule has 0 saturated heterocycles. The minimum Gasteiger partial charge on any atom is -0.449 e. The third-order valence-corrected chi connectivity index (χ3v) is 2.50. The van der Waals surface area contributed by atoms with Crippen LogP contribution in [-0.4, -0.2) is 24.5 Å². The highest BCUT2D eigenvalue weighted by Crippen LogP contribution is 2.05. The second-order valence-corrected chi connectivity index (χ2v) is 4.22. The molecule has 1 N–H and O–H groups in total. The van der Waals surface area contributed by atoms with Crippen LogP contribution in [0, 0.1) is 6.92 Å². The first-order valence-corrected chi connectivity index (χ1v) is 6.26. The molecule has 1 atom stereocenters. The van der Waals surface area contributed by atoms with Crippen LogP contribution in [0.5, 0.6) is 0 Å². The fourth-order valence-electron chi connectivity index (χ4n) is 1.43. The average molecular weight is 261 g/mol. The van der Waals surface area contributed by atoms with Gasteiger partial charge in [-0.1, -0.05) is 29.8 Å². The van der Waals surface area contributed by atoms with E-state index in [0.29, 0.717) is 6.54 Å². The summed E-state index contributed by atoms with van der Waals surface area (Å²) < 4.78 is 4.97. The lowest BCUT2D eigenvalue weighted by Crippen LogP contribution is -2.35. The van der Waals surface area contributed by atoms with Crippen molar-refractivity contribution in [1.29, 1.82) is 0 Å². The summed E-state index contributed by atoms with van der Waals surface area (Å²) in [5.74, 6) is -0.820. The van der Waals surface area contributed by atoms with Gasteiger partial charge >= 0.3 is 5.97 Å². The number of benzene rings is 1. The number of rotatable bonds is 5. The summed E-state index contributed by atoms with van der Waals surface area (Å²) in [7, 11) is 0. The molecule has 102 valence electrons. The quantitative estimate of drug-likeness (QED) is 0.652. The Kier molecular flexibility index (Phi) is 5.79. The van der Waals surface area contributed by atoms with E-state index in [4.69, 9.17) is 4.74 Å². The molecule has 1 aromatic rings. The first kappa shape index (κ1) is 15.0. The van der Waals surface area contributed by atoms with Gasteiger partial charge < -0.3 is 10.1 Å². The number of nitrogens with one attached hydrogen (secondary N) is 1. The maximum Gasteiger partial charge on any atom is 0.331 e. The summed E-state index contributed by atoms with van der Waals surface area (Å²) in [6.45, 7) is 5.86. The van der Waals surface area contributed by atoms with E-state index in [1.807, 2.05) is 38.1 Å². The summed E-state index contributed by atoms with van der Waals surface area (Å²) in [4.78, 5) is 22.9. The molecule has 0 bridgehead atoms. The number of likely N-dealkylation sites (N-methyl/N-ethyl adjacent to an activating group) is 1. The lowest BCUT2D eigenvalue weighted by molar-refractivity contribution is -0.150. The molecule has 0 unspecified atom stereocenters. The third-order valence-electron chi connectivity index (χ3n) is 2.50. The van der Waals surface area contributed by atoms with Crippen molar-refractivity contribution in [3.05, 3.63) is 41.5 Å². The molecule has 1 amide bonds. The van der Waals surface area contributed by atoms with Crippen molar-refractivity contribution in [2.45, 2.75) is 26.9 Å². The lowest BCUT2D eigenvalue weighted by atomic mass is 10.1. The molecule has 4 heteroatoms. The van der Waals surface area contributed by atoms with Crippen LogP contribution in [0.4, 0.5) is 0 Å². The van der Waals surface area contributed by atoms with Gasteiger partial charge in [-0.15, -0.1) is 0 Å². The molecule has 0 heterocycles. The normalized spacial score (nSPS) is 12.2. The highest BCUT2D eigenvalue weighted by atomic mass is 16.5. The number of amides is 1. The summed E-state index contributed by atoms with van der Waals surface area (Å²) in [6.07, 6.45) is 2.20. The van der Waals surface area contributed by atoms with Gasteiger partial charge in [0.1, 0.15) is 0 Å². The minimum absolute atomic E-state index is 0.292. The second kappa shape index (κ2) is 7.36. The van der Waals surface area contributed by atoms with Crippen molar-refractivity contribution in [2.24, 2.45) is 0 Å². The van der Waals surface area contributed by atoms with Crippen LogP contribution in [0.1, 0.15) is 25.0 Å². The molecule has 0 fully saturated rings. The van der Waals surface area contributed by atoms with E-state index in [1.165, 1.54) is 6.08 Å². The minimum atomic E-state index is -0.782. The van der Waals surface area contributed by atoms with Gasteiger partial charge in [-0.25, -0.2) is 4.79 Å². The maximum absolute atomic E-state index is 11.5. The number of hydrogen-bond donors (Lipinski definition) is 1. The molecule has 0 aliphatic carbocycles. The Bertz CT molecular complexity index is 463. The largest absolute Gasteiger partial charge is 0.449 e. The van der Waals surface area contributed by atoms with Gasteiger partial charge in [0.25, 0.3) is 5.91 Å². The van der Waals surface area contributed by atoms with Crippen molar-refractivity contribution >= 4 is 18.0 Å². The van der Waals surface area contributed by atoms with Crippen LogP contribution in [0.2, 0.25) is 0 Å². The van der Waals surface area contributed by atoms with E-state index in [9.17, 15) is 9.59 Å². The monoisotopic (exact) mass is 261 g/mol. The number of aryl methyl sites for hydroxylation is 1. The van der Waals surface area contributed by atoms with E-state index in [0.717, 1.165) is 11.1 Å². The van der Waals surface area contributed by atoms with Crippen LogP contribution in [0.3, 0.4) is 0 Å². The molecule has 0 aliphatic rings. The number of hydrogen-bond acceptors (Lipinski definition) is 3. The van der Waals surface area contributed by atoms with Gasteiger partial charge in [0.2, 0.25) is 0 Å². The Labute approximate surface area is 113 Å². The van der Waals surface area contributed by atoms with E-state index < -0.39 is 12.1 Å². The SMILES string of the molecule is CCNC(=O)[C@@H](C)OC(=O)/C=C/c1ccc(C)cc1. The van der Waals surface area contributed by atoms with Crippen LogP contribution in [0.25, 0.3) is 6.08 Å². The van der Waals surface area contributed by atoms with Crippen LogP contribution in [-0.2, 0) is 14.3 Å². The molecule has 0 spiro atoms. The van der Waals surface area contributed by atoms with Gasteiger partial charge in [-0.3, -0.25) is 4.79 Å². The summed E-state index contributed by atoms with van der Waals surface area (Å²) in [6, 6.07) is 7.74. The smallest absolute Gasteiger partial charge is 0.331 e. The van der Waals surface area contributed by atoms with Gasteiger partial charge in [0.15, 0.2) is 6.10 Å². The predicted molar refractivity (Wildman–Crippen MR) is 74.5 cm³/mol.